The molecule has 0 N–H and O–H groups in total. The van der Waals surface area contributed by atoms with E-state index in [0.717, 1.165) is 0 Å². The van der Waals surface area contributed by atoms with Gasteiger partial charge < -0.3 is 15.3 Å². The first-order chi connectivity index (χ1) is 4.24. The Labute approximate surface area is 73.6 Å². The second-order valence-electron chi connectivity index (χ2n) is 0.866. The summed E-state index contributed by atoms with van der Waals surface area (Å²) in [5.41, 5.74) is 0. The van der Waals surface area contributed by atoms with Crippen LogP contribution in [0.5, 0.6) is 0 Å². The SMILES string of the molecule is CC[O-].CC[O-].CC[O-].[Fe+3]. The largest absolute Gasteiger partial charge is 3.00 e. The average Bonchev–Trinajstić information content (AvgIpc) is 1.70. The molecule has 1 radical (unpaired) electrons. The Morgan fingerprint density at radius 2 is 0.700 bits per heavy atom. The van der Waals surface area contributed by atoms with Crippen LogP contribution in [0.3, 0.4) is 0 Å². The summed E-state index contributed by atoms with van der Waals surface area (Å²) in [7, 11) is 0. The van der Waals surface area contributed by atoms with Crippen molar-refractivity contribution in [3.63, 3.8) is 0 Å². The summed E-state index contributed by atoms with van der Waals surface area (Å²) in [6, 6.07) is 0. The van der Waals surface area contributed by atoms with Crippen molar-refractivity contribution >= 4 is 0 Å². The minimum Gasteiger partial charge on any atom is -0.855 e. The molecule has 0 aliphatic carbocycles. The predicted molar refractivity (Wildman–Crippen MR) is 31.6 cm³/mol. The van der Waals surface area contributed by atoms with E-state index in [0.29, 0.717) is 0 Å². The van der Waals surface area contributed by atoms with E-state index in [9.17, 15) is 0 Å². The van der Waals surface area contributed by atoms with E-state index in [-0.39, 0.29) is 36.9 Å². The van der Waals surface area contributed by atoms with Gasteiger partial charge in [-0.25, -0.2) is 0 Å². The van der Waals surface area contributed by atoms with Gasteiger partial charge in [0, 0.05) is 0 Å². The Kier molecular flexibility index (Phi) is 129. The maximum Gasteiger partial charge on any atom is 3.00 e. The maximum atomic E-state index is 8.93. The van der Waals surface area contributed by atoms with E-state index in [2.05, 4.69) is 0 Å². The third kappa shape index (κ3) is 2880. The Morgan fingerprint density at radius 1 is 0.700 bits per heavy atom. The first-order valence-electron chi connectivity index (χ1n) is 2.99. The fourth-order valence-electron chi connectivity index (χ4n) is 0. The van der Waals surface area contributed by atoms with E-state index < -0.39 is 0 Å². The normalized spacial score (nSPS) is 5.40. The zero-order chi connectivity index (χ0) is 8.12. The van der Waals surface area contributed by atoms with Crippen LogP contribution in [0.15, 0.2) is 0 Å². The fraction of sp³-hybridized carbons (Fsp3) is 1.00. The molecule has 0 bridgehead atoms. The van der Waals surface area contributed by atoms with Crippen LogP contribution in [-0.2, 0) is 17.1 Å². The number of hydrogen-bond donors (Lipinski definition) is 0. The van der Waals surface area contributed by atoms with Gasteiger partial charge in [-0.3, -0.25) is 0 Å². The maximum absolute atomic E-state index is 8.93. The van der Waals surface area contributed by atoms with Gasteiger partial charge in [0.1, 0.15) is 0 Å². The topological polar surface area (TPSA) is 69.2 Å². The molecule has 0 amide bonds. The van der Waals surface area contributed by atoms with Crippen LogP contribution in [0.25, 0.3) is 0 Å². The van der Waals surface area contributed by atoms with Crippen molar-refractivity contribution in [3.05, 3.63) is 0 Å². The van der Waals surface area contributed by atoms with Gasteiger partial charge in [-0.15, -0.1) is 19.8 Å². The first-order valence-corrected chi connectivity index (χ1v) is 2.99. The van der Waals surface area contributed by atoms with Crippen LogP contribution in [0, 0.1) is 0 Å². The molecule has 3 nitrogen and oxygen atoms in total. The van der Waals surface area contributed by atoms with Gasteiger partial charge in [0.05, 0.1) is 0 Å². The van der Waals surface area contributed by atoms with Crippen molar-refractivity contribution in [1.82, 2.24) is 0 Å². The summed E-state index contributed by atoms with van der Waals surface area (Å²) in [6.45, 7) is 4.71. The van der Waals surface area contributed by atoms with Crippen LogP contribution >= 0.6 is 0 Å². The zero-order valence-corrected chi connectivity index (χ0v) is 7.80. The van der Waals surface area contributed by atoms with E-state index in [1.54, 1.807) is 20.8 Å². The van der Waals surface area contributed by atoms with Crippen molar-refractivity contribution in [2.45, 2.75) is 20.8 Å². The van der Waals surface area contributed by atoms with Gasteiger partial charge in [0.25, 0.3) is 0 Å². The van der Waals surface area contributed by atoms with Crippen LogP contribution in [0.2, 0.25) is 0 Å². The molecule has 0 saturated heterocycles. The third-order valence-electron chi connectivity index (χ3n) is 0. The second kappa shape index (κ2) is 57.4. The van der Waals surface area contributed by atoms with Gasteiger partial charge in [0.2, 0.25) is 0 Å². The molecule has 0 saturated carbocycles. The van der Waals surface area contributed by atoms with Crippen molar-refractivity contribution in [2.24, 2.45) is 0 Å². The molecule has 0 fully saturated rings. The van der Waals surface area contributed by atoms with Crippen molar-refractivity contribution < 1.29 is 32.4 Å². The molecule has 65 valence electrons. The van der Waals surface area contributed by atoms with Crippen LogP contribution in [0.4, 0.5) is 0 Å². The van der Waals surface area contributed by atoms with E-state index in [1.807, 2.05) is 0 Å². The zero-order valence-electron chi connectivity index (χ0n) is 6.70. The van der Waals surface area contributed by atoms with Gasteiger partial charge in [0.15, 0.2) is 0 Å². The molecule has 0 atom stereocenters. The van der Waals surface area contributed by atoms with Crippen LogP contribution in [-0.4, -0.2) is 19.8 Å². The molecule has 10 heavy (non-hydrogen) atoms. The molecular weight excluding hydrogens is 176 g/mol. The Bertz CT molecular complexity index is 17.7. The summed E-state index contributed by atoms with van der Waals surface area (Å²) in [6.07, 6.45) is 0. The molecule has 0 rings (SSSR count). The van der Waals surface area contributed by atoms with Gasteiger partial charge in [-0.2, -0.15) is 0 Å². The number of rotatable bonds is 0. The Balaban J connectivity index is -0.0000000257. The Morgan fingerprint density at radius 3 is 0.700 bits per heavy atom. The minimum absolute atomic E-state index is 0. The predicted octanol–water partition coefficient (Wildman–Crippen LogP) is -1.90. The second-order valence-corrected chi connectivity index (χ2v) is 0.866. The molecule has 0 aliphatic rings. The summed E-state index contributed by atoms with van der Waals surface area (Å²) in [5.74, 6) is 0. The molecule has 0 unspecified atom stereocenters. The third-order valence-corrected chi connectivity index (χ3v) is 0. The van der Waals surface area contributed by atoms with Gasteiger partial charge in [-0.1, -0.05) is 20.8 Å². The average molecular weight is 191 g/mol. The summed E-state index contributed by atoms with van der Waals surface area (Å²) >= 11 is 0. The van der Waals surface area contributed by atoms with Crippen molar-refractivity contribution in [1.29, 1.82) is 0 Å². The van der Waals surface area contributed by atoms with Crippen LogP contribution in [0.1, 0.15) is 20.8 Å². The molecule has 4 heteroatoms. The van der Waals surface area contributed by atoms with Gasteiger partial charge in [-0.05, 0) is 0 Å². The molecule has 0 aromatic heterocycles. The fourth-order valence-corrected chi connectivity index (χ4v) is 0. The molecular formula is C6H15FeO3. The summed E-state index contributed by atoms with van der Waals surface area (Å²) < 4.78 is 0. The molecule has 0 aromatic carbocycles. The van der Waals surface area contributed by atoms with E-state index in [4.69, 9.17) is 15.3 Å². The summed E-state index contributed by atoms with van der Waals surface area (Å²) in [4.78, 5) is 0. The van der Waals surface area contributed by atoms with Crippen molar-refractivity contribution in [2.75, 3.05) is 19.8 Å². The molecule has 0 aromatic rings. The number of hydrogen-bond acceptors (Lipinski definition) is 3. The Hall–Kier alpha value is 0.399. The van der Waals surface area contributed by atoms with Crippen LogP contribution < -0.4 is 15.3 Å². The summed E-state index contributed by atoms with van der Waals surface area (Å²) in [5, 5.41) is 26.8. The molecule has 0 aliphatic heterocycles. The van der Waals surface area contributed by atoms with Crippen molar-refractivity contribution in [3.8, 4) is 0 Å². The molecule has 0 heterocycles. The standard InChI is InChI=1S/3C2H5O.Fe/c3*1-2-3;/h3*2H2,1H3;/q3*-1;+3. The first kappa shape index (κ1) is 22.4. The van der Waals surface area contributed by atoms with Gasteiger partial charge >= 0.3 is 17.1 Å². The van der Waals surface area contributed by atoms with E-state index >= 15 is 0 Å². The smallest absolute Gasteiger partial charge is 0.855 e. The van der Waals surface area contributed by atoms with E-state index in [1.165, 1.54) is 0 Å². The monoisotopic (exact) mass is 191 g/mol. The minimum atomic E-state index is 0. The quantitative estimate of drug-likeness (QED) is 0.420. The molecule has 0 spiro atoms.